The third kappa shape index (κ3) is 5.23. The third-order valence-electron chi connectivity index (χ3n) is 8.52. The van der Waals surface area contributed by atoms with E-state index in [1.807, 2.05) is 66.9 Å². The van der Waals surface area contributed by atoms with Gasteiger partial charge in [-0.1, -0.05) is 59.8 Å². The zero-order valence-electron chi connectivity index (χ0n) is 25.7. The fourth-order valence-electron chi connectivity index (χ4n) is 6.34. The Balaban J connectivity index is 1.39. The molecule has 2 aliphatic rings. The lowest BCUT2D eigenvalue weighted by Gasteiger charge is -2.38. The van der Waals surface area contributed by atoms with Gasteiger partial charge in [0.15, 0.2) is 5.16 Å². The number of para-hydroxylation sites is 1. The fraction of sp³-hybridized carbons (Fsp3) is 0.265. The average Bonchev–Trinajstić information content (AvgIpc) is 3.57. The predicted molar refractivity (Wildman–Crippen MR) is 182 cm³/mol. The number of benzene rings is 3. The number of nitrogens with zero attached hydrogens (tertiary/aromatic N) is 7. The summed E-state index contributed by atoms with van der Waals surface area (Å²) in [5.41, 5.74) is 2.50. The number of carbonyl (C=O) groups excluding carboxylic acids is 1. The van der Waals surface area contributed by atoms with E-state index < -0.39 is 0 Å². The summed E-state index contributed by atoms with van der Waals surface area (Å²) < 4.78 is 7.00. The van der Waals surface area contributed by atoms with E-state index in [4.69, 9.17) is 31.3 Å². The van der Waals surface area contributed by atoms with E-state index in [2.05, 4.69) is 9.80 Å². The number of thioether (sulfide) groups is 1. The van der Waals surface area contributed by atoms with Gasteiger partial charge in [-0.2, -0.15) is 0 Å². The van der Waals surface area contributed by atoms with E-state index in [9.17, 15) is 9.59 Å². The summed E-state index contributed by atoms with van der Waals surface area (Å²) in [6, 6.07) is 22.4. The molecule has 0 radical (unpaired) electrons. The van der Waals surface area contributed by atoms with E-state index in [-0.39, 0.29) is 17.5 Å². The number of halogens is 1. The molecule has 3 aromatic carbocycles. The smallest absolute Gasteiger partial charge is 0.267 e. The van der Waals surface area contributed by atoms with Crippen molar-refractivity contribution < 1.29 is 9.53 Å². The number of aromatic nitrogens is 4. The zero-order valence-corrected chi connectivity index (χ0v) is 27.3. The maximum atomic E-state index is 14.2. The van der Waals surface area contributed by atoms with Crippen molar-refractivity contribution in [1.82, 2.24) is 24.4 Å². The first-order chi connectivity index (χ1) is 22.4. The number of methoxy groups -OCH3 is 1. The van der Waals surface area contributed by atoms with Crippen LogP contribution in [0.15, 0.2) is 82.7 Å². The summed E-state index contributed by atoms with van der Waals surface area (Å²) in [6.07, 6.45) is 3.48. The number of fused-ring (bicyclic) bond motifs is 2. The van der Waals surface area contributed by atoms with Crippen molar-refractivity contribution >= 4 is 51.8 Å². The second kappa shape index (κ2) is 12.3. The van der Waals surface area contributed by atoms with Crippen LogP contribution in [0, 0.1) is 0 Å². The first kappa shape index (κ1) is 30.1. The molecule has 4 heterocycles. The van der Waals surface area contributed by atoms with Gasteiger partial charge >= 0.3 is 0 Å². The van der Waals surface area contributed by atoms with Crippen LogP contribution in [0.2, 0.25) is 5.02 Å². The van der Waals surface area contributed by atoms with Crippen molar-refractivity contribution in [2.24, 2.45) is 0 Å². The summed E-state index contributed by atoms with van der Waals surface area (Å²) in [5.74, 6) is 2.36. The minimum absolute atomic E-state index is 0.145. The molecule has 0 N–H and O–H groups in total. The summed E-state index contributed by atoms with van der Waals surface area (Å²) in [7, 11) is 3.44. The predicted octanol–water partition coefficient (Wildman–Crippen LogP) is 5.95. The molecular weight excluding hydrogens is 622 g/mol. The van der Waals surface area contributed by atoms with Crippen molar-refractivity contribution in [2.75, 3.05) is 43.4 Å². The average molecular weight is 654 g/mol. The van der Waals surface area contributed by atoms with Gasteiger partial charge in [0.05, 0.1) is 41.4 Å². The number of hydrogen-bond acceptors (Lipinski definition) is 9. The Morgan fingerprint density at radius 3 is 2.46 bits per heavy atom. The molecular formula is C34H32ClN7O3S. The first-order valence-electron chi connectivity index (χ1n) is 15.0. The molecule has 1 amide bonds. The highest BCUT2D eigenvalue weighted by molar-refractivity contribution is 7.98. The molecule has 1 unspecified atom stereocenters. The first-order valence-corrected chi connectivity index (χ1v) is 16.6. The Morgan fingerprint density at radius 1 is 0.957 bits per heavy atom. The van der Waals surface area contributed by atoms with Crippen LogP contribution in [0.3, 0.4) is 0 Å². The summed E-state index contributed by atoms with van der Waals surface area (Å²) in [6.45, 7) is 1.56. The van der Waals surface area contributed by atoms with E-state index in [0.717, 1.165) is 24.2 Å². The minimum Gasteiger partial charge on any atom is -0.497 e. The number of carbonyl (C=O) groups is 1. The van der Waals surface area contributed by atoms with Crippen LogP contribution in [0.25, 0.3) is 16.6 Å². The van der Waals surface area contributed by atoms with E-state index >= 15 is 0 Å². The molecule has 234 valence electrons. The van der Waals surface area contributed by atoms with Gasteiger partial charge in [-0.15, -0.1) is 0 Å². The third-order valence-corrected chi connectivity index (χ3v) is 9.38. The second-order valence-corrected chi connectivity index (χ2v) is 12.5. The molecule has 0 aliphatic carbocycles. The summed E-state index contributed by atoms with van der Waals surface area (Å²) in [5, 5.41) is 1.29. The van der Waals surface area contributed by atoms with Gasteiger partial charge in [0.25, 0.3) is 11.5 Å². The maximum absolute atomic E-state index is 14.2. The van der Waals surface area contributed by atoms with E-state index in [0.29, 0.717) is 69.6 Å². The molecule has 1 atom stereocenters. The van der Waals surface area contributed by atoms with Gasteiger partial charge in [-0.05, 0) is 61.1 Å². The normalized spacial score (nSPS) is 16.3. The van der Waals surface area contributed by atoms with Crippen LogP contribution in [-0.2, 0) is 6.54 Å². The number of anilines is 2. The molecule has 0 spiro atoms. The maximum Gasteiger partial charge on any atom is 0.267 e. The Kier molecular flexibility index (Phi) is 8.04. The molecule has 5 aromatic rings. The number of hydrogen-bond donors (Lipinski definition) is 0. The van der Waals surface area contributed by atoms with Gasteiger partial charge < -0.3 is 19.4 Å². The largest absolute Gasteiger partial charge is 0.497 e. The molecule has 0 saturated carbocycles. The van der Waals surface area contributed by atoms with Gasteiger partial charge in [-0.3, -0.25) is 14.2 Å². The zero-order chi connectivity index (χ0) is 31.9. The molecule has 2 aliphatic heterocycles. The highest BCUT2D eigenvalue weighted by Crippen LogP contribution is 2.42. The summed E-state index contributed by atoms with van der Waals surface area (Å²) >= 11 is 7.98. The second-order valence-electron chi connectivity index (χ2n) is 11.4. The fourth-order valence-corrected chi connectivity index (χ4v) is 6.94. The van der Waals surface area contributed by atoms with Crippen molar-refractivity contribution in [3.05, 3.63) is 105 Å². The topological polar surface area (TPSA) is 96.7 Å². The van der Waals surface area contributed by atoms with E-state index in [1.54, 1.807) is 35.8 Å². The SMILES string of the molecule is COc1ccc(CN2CN(C)C(=O)c3c2nc(SC)nc3N2CCCC2c2nc3cccc(Cl)c3c(=O)n2-c2ccccc2)cc1. The Labute approximate surface area is 275 Å². The lowest BCUT2D eigenvalue weighted by Crippen LogP contribution is -2.46. The Hall–Kier alpha value is -4.61. The number of amides is 1. The van der Waals surface area contributed by atoms with Crippen LogP contribution in [-0.4, -0.2) is 64.0 Å². The highest BCUT2D eigenvalue weighted by atomic mass is 35.5. The van der Waals surface area contributed by atoms with Crippen molar-refractivity contribution in [1.29, 1.82) is 0 Å². The van der Waals surface area contributed by atoms with Gasteiger partial charge in [0.1, 0.15) is 28.8 Å². The molecule has 2 aromatic heterocycles. The van der Waals surface area contributed by atoms with Crippen molar-refractivity contribution in [2.45, 2.75) is 30.6 Å². The number of rotatable bonds is 7. The lowest BCUT2D eigenvalue weighted by molar-refractivity contribution is 0.0780. The lowest BCUT2D eigenvalue weighted by atomic mass is 10.1. The minimum atomic E-state index is -0.333. The number of ether oxygens (including phenoxy) is 1. The van der Waals surface area contributed by atoms with Gasteiger partial charge in [0, 0.05) is 20.1 Å². The van der Waals surface area contributed by atoms with Crippen LogP contribution < -0.4 is 20.1 Å². The van der Waals surface area contributed by atoms with Crippen LogP contribution in [0.1, 0.15) is 40.6 Å². The van der Waals surface area contributed by atoms with Crippen LogP contribution in [0.4, 0.5) is 11.6 Å². The van der Waals surface area contributed by atoms with Crippen molar-refractivity contribution in [3.63, 3.8) is 0 Å². The molecule has 46 heavy (non-hydrogen) atoms. The standard InChI is InChI=1S/C34H32ClN7O3S/c1-39-20-40(19-21-14-16-23(45-2)17-15-21)30-28(32(39)43)31(38-34(37-30)46-3)41-18-8-13-26(41)29-36-25-12-7-11-24(35)27(25)33(44)42(29)22-9-5-4-6-10-22/h4-7,9-12,14-17,26H,8,13,18-20H2,1-3H3. The van der Waals surface area contributed by atoms with Gasteiger partial charge in [0.2, 0.25) is 0 Å². The molecule has 7 rings (SSSR count). The monoisotopic (exact) mass is 653 g/mol. The van der Waals surface area contributed by atoms with Gasteiger partial charge in [-0.25, -0.2) is 15.0 Å². The molecule has 12 heteroatoms. The highest BCUT2D eigenvalue weighted by Gasteiger charge is 2.39. The summed E-state index contributed by atoms with van der Waals surface area (Å²) in [4.78, 5) is 49.0. The van der Waals surface area contributed by atoms with Crippen LogP contribution in [0.5, 0.6) is 5.75 Å². The van der Waals surface area contributed by atoms with E-state index in [1.165, 1.54) is 11.8 Å². The molecule has 10 nitrogen and oxygen atoms in total. The Morgan fingerprint density at radius 2 is 1.72 bits per heavy atom. The molecule has 1 saturated heterocycles. The molecule has 0 bridgehead atoms. The Bertz CT molecular complexity index is 2010. The molecule has 1 fully saturated rings. The quantitative estimate of drug-likeness (QED) is 0.156. The van der Waals surface area contributed by atoms with Crippen molar-refractivity contribution in [3.8, 4) is 11.4 Å². The van der Waals surface area contributed by atoms with Crippen LogP contribution >= 0.6 is 23.4 Å².